The number of carboxylic acids is 1. The van der Waals surface area contributed by atoms with Gasteiger partial charge in [0.05, 0.1) is 5.92 Å². The lowest BCUT2D eigenvalue weighted by Gasteiger charge is -2.14. The van der Waals surface area contributed by atoms with Crippen molar-refractivity contribution in [1.29, 1.82) is 0 Å². The molecule has 0 spiro atoms. The second kappa shape index (κ2) is 6.48. The molecular formula is C17H16F2O2. The highest BCUT2D eigenvalue weighted by atomic mass is 19.2. The summed E-state index contributed by atoms with van der Waals surface area (Å²) in [4.78, 5) is 11.4. The molecule has 21 heavy (non-hydrogen) atoms. The number of aryl methyl sites for hydroxylation is 1. The van der Waals surface area contributed by atoms with Crippen molar-refractivity contribution < 1.29 is 18.7 Å². The Kier molecular flexibility index (Phi) is 4.68. The van der Waals surface area contributed by atoms with Crippen LogP contribution in [0.25, 0.3) is 0 Å². The standard InChI is InChI=1S/C17H16F2O2/c1-11-5-2-3-6-12(11)9-14(17(20)21)10-13-7-4-8-15(18)16(13)19/h2-8,14H,9-10H2,1H3,(H,20,21). The lowest BCUT2D eigenvalue weighted by molar-refractivity contribution is -0.141. The molecule has 2 nitrogen and oxygen atoms in total. The molecule has 2 aromatic carbocycles. The van der Waals surface area contributed by atoms with E-state index in [9.17, 15) is 18.7 Å². The van der Waals surface area contributed by atoms with Crippen LogP contribution in [0.3, 0.4) is 0 Å². The van der Waals surface area contributed by atoms with Crippen LogP contribution in [-0.4, -0.2) is 11.1 Å². The monoisotopic (exact) mass is 290 g/mol. The fourth-order valence-electron chi connectivity index (χ4n) is 2.32. The minimum Gasteiger partial charge on any atom is -0.481 e. The maximum atomic E-state index is 13.7. The molecule has 0 aliphatic rings. The summed E-state index contributed by atoms with van der Waals surface area (Å²) >= 11 is 0. The number of benzene rings is 2. The Labute approximate surface area is 122 Å². The summed E-state index contributed by atoms with van der Waals surface area (Å²) in [6.45, 7) is 1.90. The minimum absolute atomic E-state index is 0.0345. The number of hydrogen-bond donors (Lipinski definition) is 1. The molecule has 1 N–H and O–H groups in total. The molecule has 2 rings (SSSR count). The Morgan fingerprint density at radius 3 is 2.33 bits per heavy atom. The molecule has 0 aliphatic heterocycles. The predicted molar refractivity (Wildman–Crippen MR) is 76.1 cm³/mol. The van der Waals surface area contributed by atoms with Crippen molar-refractivity contribution in [2.45, 2.75) is 19.8 Å². The van der Waals surface area contributed by atoms with Crippen LogP contribution in [0, 0.1) is 24.5 Å². The number of halogens is 2. The van der Waals surface area contributed by atoms with Crippen LogP contribution < -0.4 is 0 Å². The summed E-state index contributed by atoms with van der Waals surface area (Å²) < 4.78 is 26.9. The lowest BCUT2D eigenvalue weighted by atomic mass is 9.90. The Hall–Kier alpha value is -2.23. The van der Waals surface area contributed by atoms with Crippen LogP contribution in [0.2, 0.25) is 0 Å². The zero-order valence-corrected chi connectivity index (χ0v) is 11.6. The van der Waals surface area contributed by atoms with Crippen molar-refractivity contribution in [3.8, 4) is 0 Å². The number of rotatable bonds is 5. The van der Waals surface area contributed by atoms with E-state index in [1.54, 1.807) is 0 Å². The largest absolute Gasteiger partial charge is 0.481 e. The van der Waals surface area contributed by atoms with Crippen molar-refractivity contribution in [3.05, 3.63) is 70.8 Å². The fraction of sp³-hybridized carbons (Fsp3) is 0.235. The quantitative estimate of drug-likeness (QED) is 0.910. The molecule has 0 aliphatic carbocycles. The van der Waals surface area contributed by atoms with Gasteiger partial charge < -0.3 is 5.11 Å². The van der Waals surface area contributed by atoms with Crippen molar-refractivity contribution >= 4 is 5.97 Å². The van der Waals surface area contributed by atoms with Crippen LogP contribution in [0.15, 0.2) is 42.5 Å². The highest BCUT2D eigenvalue weighted by Crippen LogP contribution is 2.20. The highest BCUT2D eigenvalue weighted by Gasteiger charge is 2.21. The van der Waals surface area contributed by atoms with Crippen LogP contribution in [0.5, 0.6) is 0 Å². The summed E-state index contributed by atoms with van der Waals surface area (Å²) in [6, 6.07) is 11.3. The van der Waals surface area contributed by atoms with E-state index in [1.807, 2.05) is 31.2 Å². The fourth-order valence-corrected chi connectivity index (χ4v) is 2.32. The van der Waals surface area contributed by atoms with E-state index in [2.05, 4.69) is 0 Å². The molecule has 2 aromatic rings. The van der Waals surface area contributed by atoms with Gasteiger partial charge >= 0.3 is 5.97 Å². The van der Waals surface area contributed by atoms with E-state index >= 15 is 0 Å². The molecule has 0 saturated carbocycles. The summed E-state index contributed by atoms with van der Waals surface area (Å²) in [7, 11) is 0. The van der Waals surface area contributed by atoms with E-state index in [-0.39, 0.29) is 18.4 Å². The number of carboxylic acid groups (broad SMARTS) is 1. The van der Waals surface area contributed by atoms with E-state index in [0.717, 1.165) is 17.2 Å². The zero-order chi connectivity index (χ0) is 15.4. The van der Waals surface area contributed by atoms with Crippen LogP contribution in [0.1, 0.15) is 16.7 Å². The Morgan fingerprint density at radius 1 is 1.05 bits per heavy atom. The van der Waals surface area contributed by atoms with Gasteiger partial charge in [-0.25, -0.2) is 8.78 Å². The van der Waals surface area contributed by atoms with Gasteiger partial charge in [0.15, 0.2) is 11.6 Å². The molecule has 0 aromatic heterocycles. The summed E-state index contributed by atoms with van der Waals surface area (Å²) in [5, 5.41) is 9.33. The van der Waals surface area contributed by atoms with Crippen LogP contribution in [-0.2, 0) is 17.6 Å². The summed E-state index contributed by atoms with van der Waals surface area (Å²) in [5.41, 5.74) is 1.99. The molecule has 0 radical (unpaired) electrons. The number of hydrogen-bond acceptors (Lipinski definition) is 1. The van der Waals surface area contributed by atoms with Gasteiger partial charge in [0.25, 0.3) is 0 Å². The molecule has 0 fully saturated rings. The molecule has 0 amide bonds. The van der Waals surface area contributed by atoms with E-state index in [0.29, 0.717) is 0 Å². The molecule has 4 heteroatoms. The maximum absolute atomic E-state index is 13.7. The third-order valence-corrected chi connectivity index (χ3v) is 3.57. The number of carbonyl (C=O) groups is 1. The topological polar surface area (TPSA) is 37.3 Å². The van der Waals surface area contributed by atoms with Crippen molar-refractivity contribution in [3.63, 3.8) is 0 Å². The second-order valence-corrected chi connectivity index (χ2v) is 5.08. The van der Waals surface area contributed by atoms with E-state index in [4.69, 9.17) is 0 Å². The molecule has 0 heterocycles. The molecule has 0 bridgehead atoms. The SMILES string of the molecule is Cc1ccccc1CC(Cc1cccc(F)c1F)C(=O)O. The summed E-state index contributed by atoms with van der Waals surface area (Å²) in [6.07, 6.45) is 0.255. The molecule has 1 atom stereocenters. The highest BCUT2D eigenvalue weighted by molar-refractivity contribution is 5.71. The predicted octanol–water partition coefficient (Wildman–Crippen LogP) is 3.76. The number of aliphatic carboxylic acids is 1. The van der Waals surface area contributed by atoms with Gasteiger partial charge in [-0.3, -0.25) is 4.79 Å². The average molecular weight is 290 g/mol. The average Bonchev–Trinajstić information content (AvgIpc) is 2.45. The van der Waals surface area contributed by atoms with Crippen LogP contribution in [0.4, 0.5) is 8.78 Å². The van der Waals surface area contributed by atoms with Gasteiger partial charge in [-0.15, -0.1) is 0 Å². The van der Waals surface area contributed by atoms with Crippen molar-refractivity contribution in [2.75, 3.05) is 0 Å². The van der Waals surface area contributed by atoms with E-state index < -0.39 is 23.5 Å². The minimum atomic E-state index is -1.01. The van der Waals surface area contributed by atoms with Gasteiger partial charge in [-0.2, -0.15) is 0 Å². The zero-order valence-electron chi connectivity index (χ0n) is 11.6. The van der Waals surface area contributed by atoms with Gasteiger partial charge in [0.1, 0.15) is 0 Å². The first-order valence-corrected chi connectivity index (χ1v) is 6.69. The lowest BCUT2D eigenvalue weighted by Crippen LogP contribution is -2.20. The Bertz CT molecular complexity index is 653. The second-order valence-electron chi connectivity index (χ2n) is 5.08. The van der Waals surface area contributed by atoms with Crippen LogP contribution >= 0.6 is 0 Å². The normalized spacial score (nSPS) is 12.1. The van der Waals surface area contributed by atoms with Crippen molar-refractivity contribution in [2.24, 2.45) is 5.92 Å². The molecule has 1 unspecified atom stereocenters. The first kappa shape index (κ1) is 15.2. The third kappa shape index (κ3) is 3.66. The van der Waals surface area contributed by atoms with Crippen molar-refractivity contribution in [1.82, 2.24) is 0 Å². The molecule has 0 saturated heterocycles. The van der Waals surface area contributed by atoms with Gasteiger partial charge in [-0.05, 0) is 42.5 Å². The van der Waals surface area contributed by atoms with Gasteiger partial charge in [-0.1, -0.05) is 36.4 Å². The molecule has 110 valence electrons. The maximum Gasteiger partial charge on any atom is 0.307 e. The first-order valence-electron chi connectivity index (χ1n) is 6.69. The van der Waals surface area contributed by atoms with Gasteiger partial charge in [0.2, 0.25) is 0 Å². The Balaban J connectivity index is 2.22. The summed E-state index contributed by atoms with van der Waals surface area (Å²) in [5.74, 6) is -3.72. The van der Waals surface area contributed by atoms with E-state index in [1.165, 1.54) is 12.1 Å². The Morgan fingerprint density at radius 2 is 1.67 bits per heavy atom. The van der Waals surface area contributed by atoms with Gasteiger partial charge in [0, 0.05) is 0 Å². The smallest absolute Gasteiger partial charge is 0.307 e. The third-order valence-electron chi connectivity index (χ3n) is 3.57. The molecular weight excluding hydrogens is 274 g/mol. The first-order chi connectivity index (χ1) is 9.99.